The van der Waals surface area contributed by atoms with Crippen LogP contribution in [0.5, 0.6) is 5.75 Å². The van der Waals surface area contributed by atoms with Crippen molar-refractivity contribution in [3.05, 3.63) is 95.5 Å². The lowest BCUT2D eigenvalue weighted by Crippen LogP contribution is -2.36. The Kier molecular flexibility index (Phi) is 8.02. The van der Waals surface area contributed by atoms with Gasteiger partial charge in [-0.15, -0.1) is 0 Å². The number of rotatable bonds is 10. The molecule has 39 heavy (non-hydrogen) atoms. The van der Waals surface area contributed by atoms with Crippen LogP contribution in [0.2, 0.25) is 0 Å². The molecule has 5 rings (SSSR count). The number of aryl methyl sites for hydroxylation is 1. The van der Waals surface area contributed by atoms with E-state index in [2.05, 4.69) is 36.1 Å². The van der Waals surface area contributed by atoms with Crippen molar-refractivity contribution in [1.29, 1.82) is 0 Å². The van der Waals surface area contributed by atoms with E-state index >= 15 is 0 Å². The number of benzene rings is 3. The van der Waals surface area contributed by atoms with E-state index in [4.69, 9.17) is 9.47 Å². The average molecular weight is 563 g/mol. The number of hydrogen-bond donors (Lipinski definition) is 0. The highest BCUT2D eigenvalue weighted by Gasteiger charge is 2.27. The molecule has 0 radical (unpaired) electrons. The van der Waals surface area contributed by atoms with E-state index in [0.717, 1.165) is 37.8 Å². The van der Waals surface area contributed by atoms with E-state index in [1.54, 1.807) is 11.3 Å². The monoisotopic (exact) mass is 562 g/mol. The molecular weight excluding hydrogens is 532 g/mol. The normalized spacial score (nSPS) is 14.6. The molecule has 0 fully saturated rings. The molecule has 0 bridgehead atoms. The smallest absolute Gasteiger partial charge is 0.266 e. The van der Waals surface area contributed by atoms with Crippen LogP contribution in [0.15, 0.2) is 90.5 Å². The third-order valence-electron chi connectivity index (χ3n) is 6.41. The van der Waals surface area contributed by atoms with Crippen molar-refractivity contribution in [3.8, 4) is 16.9 Å². The maximum Gasteiger partial charge on any atom is 0.266 e. The first-order valence-electron chi connectivity index (χ1n) is 12.9. The summed E-state index contributed by atoms with van der Waals surface area (Å²) in [6.07, 6.45) is 4.07. The Morgan fingerprint density at radius 3 is 2.56 bits per heavy atom. The van der Waals surface area contributed by atoms with Gasteiger partial charge in [0.2, 0.25) is 11.4 Å². The van der Waals surface area contributed by atoms with Gasteiger partial charge in [0, 0.05) is 30.9 Å². The number of nitrogens with zero attached hydrogens (tertiary/aromatic N) is 2. The van der Waals surface area contributed by atoms with Gasteiger partial charge in [-0.1, -0.05) is 59.9 Å². The fourth-order valence-electron chi connectivity index (χ4n) is 4.67. The van der Waals surface area contributed by atoms with Crippen molar-refractivity contribution >= 4 is 43.4 Å². The predicted octanol–water partition coefficient (Wildman–Crippen LogP) is 5.93. The Bertz CT molecular complexity index is 1640. The molecule has 1 aliphatic heterocycles. The highest BCUT2D eigenvalue weighted by Crippen LogP contribution is 2.41. The van der Waals surface area contributed by atoms with Crippen LogP contribution in [0.4, 0.5) is 5.69 Å². The Hall–Kier alpha value is -3.66. The molecule has 3 aromatic carbocycles. The molecule has 0 aliphatic carbocycles. The Labute approximate surface area is 233 Å². The number of fused-ring (bicyclic) bond motifs is 2. The van der Waals surface area contributed by atoms with E-state index in [1.165, 1.54) is 0 Å². The zero-order valence-electron chi connectivity index (χ0n) is 21.9. The minimum absolute atomic E-state index is 0.231. The van der Waals surface area contributed by atoms with E-state index in [9.17, 15) is 13.0 Å². The van der Waals surface area contributed by atoms with Gasteiger partial charge in [-0.25, -0.2) is 8.42 Å². The number of anilines is 1. The molecule has 0 saturated heterocycles. The summed E-state index contributed by atoms with van der Waals surface area (Å²) in [6, 6.07) is 24.4. The molecule has 0 N–H and O–H groups in total. The average Bonchev–Trinajstić information content (AvgIpc) is 3.45. The second-order valence-electron chi connectivity index (χ2n) is 9.03. The molecule has 202 valence electrons. The van der Waals surface area contributed by atoms with Gasteiger partial charge in [0.05, 0.1) is 28.5 Å². The largest absolute Gasteiger partial charge is 0.748 e. The lowest BCUT2D eigenvalue weighted by Gasteiger charge is -2.16. The first-order chi connectivity index (χ1) is 18.9. The fourth-order valence-corrected chi connectivity index (χ4v) is 6.28. The first kappa shape index (κ1) is 26.9. The number of allylic oxidation sites excluding steroid dienone is 1. The molecule has 0 atom stereocenters. The van der Waals surface area contributed by atoms with Crippen LogP contribution >= 0.6 is 11.3 Å². The molecule has 7 nitrogen and oxygen atoms in total. The SMILES string of the molecule is CCOC(=C\c1sc2ccccc2[n+]1CCCS(=O)(=O)[O-])/C=C1\Oc2ccc(-c3ccccc3)cc2N1CC. The molecule has 0 spiro atoms. The molecular formula is C30H30N2O5S2. The third-order valence-corrected chi connectivity index (χ3v) is 8.31. The van der Waals surface area contributed by atoms with Gasteiger partial charge in [-0.2, -0.15) is 4.57 Å². The van der Waals surface area contributed by atoms with E-state index < -0.39 is 15.9 Å². The van der Waals surface area contributed by atoms with Gasteiger partial charge in [0.25, 0.3) is 5.01 Å². The summed E-state index contributed by atoms with van der Waals surface area (Å²) in [5.41, 5.74) is 4.23. The Morgan fingerprint density at radius 2 is 1.82 bits per heavy atom. The van der Waals surface area contributed by atoms with Crippen LogP contribution in [-0.2, 0) is 21.4 Å². The van der Waals surface area contributed by atoms with Gasteiger partial charge < -0.3 is 18.9 Å². The van der Waals surface area contributed by atoms with Gasteiger partial charge in [0.1, 0.15) is 10.5 Å². The maximum absolute atomic E-state index is 11.2. The van der Waals surface area contributed by atoms with Crippen molar-refractivity contribution in [1.82, 2.24) is 0 Å². The second-order valence-corrected chi connectivity index (χ2v) is 11.6. The van der Waals surface area contributed by atoms with E-state index in [0.29, 0.717) is 31.3 Å². The summed E-state index contributed by atoms with van der Waals surface area (Å²) >= 11 is 1.58. The highest BCUT2D eigenvalue weighted by molar-refractivity contribution is 7.85. The van der Waals surface area contributed by atoms with Crippen LogP contribution in [0.3, 0.4) is 0 Å². The van der Waals surface area contributed by atoms with Crippen LogP contribution in [0.25, 0.3) is 27.4 Å². The predicted molar refractivity (Wildman–Crippen MR) is 154 cm³/mol. The van der Waals surface area contributed by atoms with Crippen LogP contribution < -0.4 is 14.2 Å². The quantitative estimate of drug-likeness (QED) is 0.135. The number of thiazole rings is 1. The molecule has 0 saturated carbocycles. The fraction of sp³-hybridized carbons (Fsp3) is 0.233. The summed E-state index contributed by atoms with van der Waals surface area (Å²) in [7, 11) is -4.28. The number of ether oxygens (including phenoxy) is 2. The van der Waals surface area contributed by atoms with Crippen molar-refractivity contribution in [2.45, 2.75) is 26.8 Å². The lowest BCUT2D eigenvalue weighted by molar-refractivity contribution is -0.668. The summed E-state index contributed by atoms with van der Waals surface area (Å²) < 4.78 is 49.0. The standard InChI is InChI=1S/C30H30N2O5S2/c1-3-31-26-19-23(22-11-6-5-7-12-22)15-16-27(26)37-29(31)20-24(36-4-2)21-30-32(17-10-18-39(33,34)35)25-13-8-9-14-28(25)38-30/h5-9,11-16,19-21H,3-4,10,17-18H2,1-2H3. The van der Waals surface area contributed by atoms with Gasteiger partial charge >= 0.3 is 0 Å². The van der Waals surface area contributed by atoms with E-state index in [-0.39, 0.29) is 6.42 Å². The van der Waals surface area contributed by atoms with Crippen LogP contribution in [0.1, 0.15) is 25.3 Å². The van der Waals surface area contributed by atoms with Crippen LogP contribution in [-0.4, -0.2) is 31.9 Å². The summed E-state index contributed by atoms with van der Waals surface area (Å²) in [5.74, 6) is 1.67. The van der Waals surface area contributed by atoms with E-state index in [1.807, 2.05) is 72.2 Å². The number of hydrogen-bond acceptors (Lipinski definition) is 7. The Balaban J connectivity index is 1.50. The molecule has 2 heterocycles. The van der Waals surface area contributed by atoms with Crippen molar-refractivity contribution in [3.63, 3.8) is 0 Å². The first-order valence-corrected chi connectivity index (χ1v) is 15.3. The molecule has 0 amide bonds. The van der Waals surface area contributed by atoms with Crippen LogP contribution in [0, 0.1) is 0 Å². The second kappa shape index (κ2) is 11.6. The molecule has 1 aliphatic rings. The minimum Gasteiger partial charge on any atom is -0.748 e. The van der Waals surface area contributed by atoms with Gasteiger partial charge in [0.15, 0.2) is 12.3 Å². The summed E-state index contributed by atoms with van der Waals surface area (Å²) in [6.45, 7) is 5.59. The number of para-hydroxylation sites is 1. The van der Waals surface area contributed by atoms with Crippen molar-refractivity contribution in [2.75, 3.05) is 23.8 Å². The van der Waals surface area contributed by atoms with Gasteiger partial charge in [-0.3, -0.25) is 0 Å². The molecule has 9 heteroatoms. The van der Waals surface area contributed by atoms with Gasteiger partial charge in [-0.05, 0) is 43.2 Å². The molecule has 0 unspecified atom stereocenters. The summed E-state index contributed by atoms with van der Waals surface area (Å²) in [4.78, 5) is 2.12. The Morgan fingerprint density at radius 1 is 1.05 bits per heavy atom. The number of aromatic nitrogens is 1. The van der Waals surface area contributed by atoms with Crippen molar-refractivity contribution < 1.29 is 27.0 Å². The third kappa shape index (κ3) is 6.16. The molecule has 1 aromatic heterocycles. The topological polar surface area (TPSA) is 82.8 Å². The summed E-state index contributed by atoms with van der Waals surface area (Å²) in [5, 5.41) is 0.893. The minimum atomic E-state index is -4.28. The zero-order chi connectivity index (χ0) is 27.4. The maximum atomic E-state index is 11.2. The van der Waals surface area contributed by atoms with Crippen molar-refractivity contribution in [2.24, 2.45) is 0 Å². The lowest BCUT2D eigenvalue weighted by atomic mass is 10.0. The highest BCUT2D eigenvalue weighted by atomic mass is 32.2. The zero-order valence-corrected chi connectivity index (χ0v) is 23.5. The molecule has 4 aromatic rings.